The van der Waals surface area contributed by atoms with Crippen molar-refractivity contribution in [1.29, 1.82) is 0 Å². The van der Waals surface area contributed by atoms with Gasteiger partial charge in [0.25, 0.3) is 0 Å². The SMILES string of the molecule is COc1cc2c(NC3CCN(C(C)C)CC3)nc(N3CCCN(C)CC3)nc2cc1C#CCCN1CCCCC1. The van der Waals surface area contributed by atoms with Crippen molar-refractivity contribution in [3.05, 3.63) is 17.7 Å². The summed E-state index contributed by atoms with van der Waals surface area (Å²) in [5.74, 6) is 9.37. The molecule has 3 aliphatic heterocycles. The number of benzene rings is 1. The number of hydrogen-bond donors (Lipinski definition) is 1. The summed E-state index contributed by atoms with van der Waals surface area (Å²) >= 11 is 0. The van der Waals surface area contributed by atoms with Gasteiger partial charge in [0, 0.05) is 63.2 Å². The molecule has 0 spiro atoms. The fourth-order valence-corrected chi connectivity index (χ4v) is 6.22. The Morgan fingerprint density at radius 2 is 1.75 bits per heavy atom. The summed E-state index contributed by atoms with van der Waals surface area (Å²) in [5, 5.41) is 4.85. The van der Waals surface area contributed by atoms with Crippen molar-refractivity contribution in [2.45, 2.75) is 70.9 Å². The molecule has 2 aromatic rings. The van der Waals surface area contributed by atoms with E-state index in [0.29, 0.717) is 12.1 Å². The van der Waals surface area contributed by atoms with Crippen LogP contribution in [-0.2, 0) is 0 Å². The number of anilines is 2. The monoisotopic (exact) mass is 547 g/mol. The first-order chi connectivity index (χ1) is 19.5. The number of nitrogens with one attached hydrogen (secondary N) is 1. The van der Waals surface area contributed by atoms with Gasteiger partial charge in [0.1, 0.15) is 11.6 Å². The molecule has 5 rings (SSSR count). The van der Waals surface area contributed by atoms with Crippen LogP contribution < -0.4 is 15.0 Å². The minimum absolute atomic E-state index is 0.400. The second kappa shape index (κ2) is 13.8. The molecule has 3 aliphatic rings. The minimum atomic E-state index is 0.400. The van der Waals surface area contributed by atoms with Gasteiger partial charge in [-0.1, -0.05) is 18.3 Å². The molecule has 1 aromatic heterocycles. The summed E-state index contributed by atoms with van der Waals surface area (Å²) in [6.07, 6.45) is 8.21. The van der Waals surface area contributed by atoms with E-state index < -0.39 is 0 Å². The van der Waals surface area contributed by atoms with Crippen LogP contribution in [0.4, 0.5) is 11.8 Å². The van der Waals surface area contributed by atoms with Crippen LogP contribution in [0.1, 0.15) is 64.4 Å². The topological polar surface area (TPSA) is 60.0 Å². The number of likely N-dealkylation sites (N-methyl/N-ethyl adjacent to an activating group) is 1. The highest BCUT2D eigenvalue weighted by atomic mass is 16.5. The number of nitrogens with zero attached hydrogens (tertiary/aromatic N) is 6. The minimum Gasteiger partial charge on any atom is -0.495 e. The van der Waals surface area contributed by atoms with Gasteiger partial charge >= 0.3 is 0 Å². The highest BCUT2D eigenvalue weighted by Crippen LogP contribution is 2.32. The normalized spacial score (nSPS) is 20.4. The molecule has 8 heteroatoms. The molecule has 0 radical (unpaired) electrons. The molecule has 0 bridgehead atoms. The van der Waals surface area contributed by atoms with Gasteiger partial charge in [-0.2, -0.15) is 4.98 Å². The smallest absolute Gasteiger partial charge is 0.227 e. The van der Waals surface area contributed by atoms with Crippen LogP contribution in [-0.4, -0.2) is 110 Å². The number of hydrogen-bond acceptors (Lipinski definition) is 8. The molecule has 0 atom stereocenters. The molecule has 3 saturated heterocycles. The summed E-state index contributed by atoms with van der Waals surface area (Å²) in [7, 11) is 3.93. The van der Waals surface area contributed by atoms with Crippen LogP contribution in [0, 0.1) is 11.8 Å². The van der Waals surface area contributed by atoms with Gasteiger partial charge < -0.3 is 29.7 Å². The highest BCUT2D eigenvalue weighted by Gasteiger charge is 2.24. The lowest BCUT2D eigenvalue weighted by atomic mass is 10.0. The second-order valence-corrected chi connectivity index (χ2v) is 12.1. The number of fused-ring (bicyclic) bond motifs is 1. The van der Waals surface area contributed by atoms with Crippen LogP contribution in [0.3, 0.4) is 0 Å². The van der Waals surface area contributed by atoms with Crippen molar-refractivity contribution in [3.63, 3.8) is 0 Å². The molecule has 1 N–H and O–H groups in total. The number of piperidine rings is 2. The molecule has 3 fully saturated rings. The Kier molecular flexibility index (Phi) is 10.0. The molecular formula is C32H49N7O. The van der Waals surface area contributed by atoms with E-state index in [2.05, 4.69) is 69.8 Å². The fourth-order valence-electron chi connectivity index (χ4n) is 6.22. The Bertz CT molecular complexity index is 1180. The molecule has 8 nitrogen and oxygen atoms in total. The van der Waals surface area contributed by atoms with Crippen LogP contribution in [0.2, 0.25) is 0 Å². The maximum atomic E-state index is 5.84. The number of methoxy groups -OCH3 is 1. The molecule has 0 unspecified atom stereocenters. The van der Waals surface area contributed by atoms with Crippen molar-refractivity contribution in [3.8, 4) is 17.6 Å². The number of aromatic nitrogens is 2. The van der Waals surface area contributed by atoms with Crippen LogP contribution in [0.5, 0.6) is 5.75 Å². The van der Waals surface area contributed by atoms with Crippen LogP contribution in [0.25, 0.3) is 10.9 Å². The fraction of sp³-hybridized carbons (Fsp3) is 0.688. The first-order valence-corrected chi connectivity index (χ1v) is 15.5. The Morgan fingerprint density at radius 3 is 2.50 bits per heavy atom. The van der Waals surface area contributed by atoms with Crippen molar-refractivity contribution < 1.29 is 4.74 Å². The third-order valence-electron chi connectivity index (χ3n) is 8.83. The van der Waals surface area contributed by atoms with Gasteiger partial charge in [-0.05, 0) is 84.8 Å². The van der Waals surface area contributed by atoms with Gasteiger partial charge in [0.15, 0.2) is 0 Å². The predicted molar refractivity (Wildman–Crippen MR) is 166 cm³/mol. The molecular weight excluding hydrogens is 498 g/mol. The summed E-state index contributed by atoms with van der Waals surface area (Å²) < 4.78 is 5.84. The molecule has 0 aliphatic carbocycles. The molecule has 4 heterocycles. The summed E-state index contributed by atoms with van der Waals surface area (Å²) in [5.41, 5.74) is 1.84. The van der Waals surface area contributed by atoms with Gasteiger partial charge in [0.2, 0.25) is 5.95 Å². The first kappa shape index (κ1) is 28.9. The van der Waals surface area contributed by atoms with E-state index in [4.69, 9.17) is 14.7 Å². The molecule has 40 heavy (non-hydrogen) atoms. The van der Waals surface area contributed by atoms with E-state index >= 15 is 0 Å². The average Bonchev–Trinajstić information content (AvgIpc) is 3.20. The van der Waals surface area contributed by atoms with Crippen LogP contribution >= 0.6 is 0 Å². The van der Waals surface area contributed by atoms with E-state index in [9.17, 15) is 0 Å². The lowest BCUT2D eigenvalue weighted by Crippen LogP contribution is -2.42. The highest BCUT2D eigenvalue weighted by molar-refractivity contribution is 5.93. The van der Waals surface area contributed by atoms with Gasteiger partial charge in [-0.3, -0.25) is 0 Å². The van der Waals surface area contributed by atoms with Gasteiger partial charge in [-0.15, -0.1) is 0 Å². The maximum Gasteiger partial charge on any atom is 0.227 e. The predicted octanol–water partition coefficient (Wildman–Crippen LogP) is 4.29. The number of ether oxygens (including phenoxy) is 1. The quantitative estimate of drug-likeness (QED) is 0.515. The Morgan fingerprint density at radius 1 is 0.950 bits per heavy atom. The zero-order valence-electron chi connectivity index (χ0n) is 25.2. The largest absolute Gasteiger partial charge is 0.495 e. The zero-order valence-corrected chi connectivity index (χ0v) is 25.2. The third kappa shape index (κ3) is 7.37. The van der Waals surface area contributed by atoms with Crippen LogP contribution in [0.15, 0.2) is 12.1 Å². The average molecular weight is 548 g/mol. The zero-order chi connectivity index (χ0) is 27.9. The lowest BCUT2D eigenvalue weighted by molar-refractivity contribution is 0.177. The van der Waals surface area contributed by atoms with Crippen molar-refractivity contribution >= 4 is 22.7 Å². The van der Waals surface area contributed by atoms with E-state index in [1.54, 1.807) is 7.11 Å². The second-order valence-electron chi connectivity index (χ2n) is 12.1. The third-order valence-corrected chi connectivity index (χ3v) is 8.83. The molecule has 0 amide bonds. The molecule has 218 valence electrons. The summed E-state index contributed by atoms with van der Waals surface area (Å²) in [4.78, 5) is 20.1. The Hall–Kier alpha value is -2.60. The Labute approximate surface area is 241 Å². The maximum absolute atomic E-state index is 5.84. The molecule has 1 aromatic carbocycles. The van der Waals surface area contributed by atoms with Crippen molar-refractivity contribution in [2.75, 3.05) is 83.3 Å². The summed E-state index contributed by atoms with van der Waals surface area (Å²) in [6.45, 7) is 14.3. The number of rotatable bonds is 7. The van der Waals surface area contributed by atoms with E-state index in [-0.39, 0.29) is 0 Å². The summed E-state index contributed by atoms with van der Waals surface area (Å²) in [6, 6.07) is 5.20. The van der Waals surface area contributed by atoms with Gasteiger partial charge in [0.05, 0.1) is 18.2 Å². The van der Waals surface area contributed by atoms with E-state index in [0.717, 1.165) is 105 Å². The Balaban J connectivity index is 1.42. The number of likely N-dealkylation sites (tertiary alicyclic amines) is 2. The van der Waals surface area contributed by atoms with E-state index in [1.165, 1.54) is 32.4 Å². The standard InChI is InChI=1S/C32H49N7O/c1-25(2)38-19-12-27(13-20-38)33-31-28-24-30(40-4)26(11-6-9-17-37-15-7-5-8-16-37)23-29(28)34-32(35-31)39-18-10-14-36(3)21-22-39/h23-25,27H,5,7-10,12-22H2,1-4H3,(H,33,34,35). The van der Waals surface area contributed by atoms with Gasteiger partial charge in [-0.25, -0.2) is 4.98 Å². The van der Waals surface area contributed by atoms with E-state index in [1.807, 2.05) is 0 Å². The van der Waals surface area contributed by atoms with Crippen molar-refractivity contribution in [2.24, 2.45) is 0 Å². The molecule has 0 saturated carbocycles. The first-order valence-electron chi connectivity index (χ1n) is 15.5. The lowest BCUT2D eigenvalue weighted by Gasteiger charge is -2.35. The van der Waals surface area contributed by atoms with Crippen molar-refractivity contribution in [1.82, 2.24) is 24.7 Å².